The van der Waals surface area contributed by atoms with Crippen LogP contribution in [0.5, 0.6) is 5.75 Å². The molecule has 1 aliphatic heterocycles. The number of nitrogens with zero attached hydrogens (tertiary/aromatic N) is 4. The quantitative estimate of drug-likeness (QED) is 0.811. The molecule has 9 heteroatoms. The lowest BCUT2D eigenvalue weighted by Gasteiger charge is -2.36. The second-order valence-corrected chi connectivity index (χ2v) is 8.49. The van der Waals surface area contributed by atoms with Crippen molar-refractivity contribution in [3.05, 3.63) is 36.4 Å². The molecule has 0 amide bonds. The highest BCUT2D eigenvalue weighted by molar-refractivity contribution is 7.89. The molecule has 1 aromatic heterocycles. The van der Waals surface area contributed by atoms with Crippen molar-refractivity contribution in [3.63, 3.8) is 0 Å². The van der Waals surface area contributed by atoms with Gasteiger partial charge in [-0.2, -0.15) is 9.40 Å². The standard InChI is InChI=1S/C17H25N5O3S/c1-13(18)16-5-3-4-10-22(16)26(23,24)15-8-6-14(7-9-15)25-11-17-19-12-20-21(17)2/h6-9,12-13,16H,3-5,10-11,18H2,1-2H3. The third kappa shape index (κ3) is 3.89. The van der Waals surface area contributed by atoms with Crippen LogP contribution in [0.3, 0.4) is 0 Å². The molecule has 0 bridgehead atoms. The average molecular weight is 379 g/mol. The number of aryl methyl sites for hydroxylation is 1. The minimum Gasteiger partial charge on any atom is -0.486 e. The Balaban J connectivity index is 1.73. The summed E-state index contributed by atoms with van der Waals surface area (Å²) >= 11 is 0. The maximum Gasteiger partial charge on any atom is 0.243 e. The SMILES string of the molecule is CC(N)C1CCCCN1S(=O)(=O)c1ccc(OCc2ncnn2C)cc1. The molecule has 1 aliphatic rings. The fourth-order valence-corrected chi connectivity index (χ4v) is 4.97. The number of piperidine rings is 1. The molecule has 0 spiro atoms. The van der Waals surface area contributed by atoms with Crippen molar-refractivity contribution in [3.8, 4) is 5.75 Å². The molecule has 26 heavy (non-hydrogen) atoms. The van der Waals surface area contributed by atoms with E-state index in [4.69, 9.17) is 10.5 Å². The van der Waals surface area contributed by atoms with Gasteiger partial charge in [-0.1, -0.05) is 6.42 Å². The van der Waals surface area contributed by atoms with E-state index in [0.717, 1.165) is 19.3 Å². The Kier molecular flexibility index (Phi) is 5.59. The predicted octanol–water partition coefficient (Wildman–Crippen LogP) is 1.28. The first kappa shape index (κ1) is 18.8. The van der Waals surface area contributed by atoms with E-state index in [1.54, 1.807) is 40.3 Å². The predicted molar refractivity (Wildman–Crippen MR) is 97.0 cm³/mol. The normalized spacial score (nSPS) is 20.0. The first-order chi connectivity index (χ1) is 12.4. The van der Waals surface area contributed by atoms with Crippen LogP contribution in [0.4, 0.5) is 0 Å². The molecule has 1 fully saturated rings. The Labute approximate surface area is 154 Å². The molecule has 142 valence electrons. The fraction of sp³-hybridized carbons (Fsp3) is 0.529. The van der Waals surface area contributed by atoms with Crippen molar-refractivity contribution >= 4 is 10.0 Å². The van der Waals surface area contributed by atoms with Crippen molar-refractivity contribution in [1.29, 1.82) is 0 Å². The number of rotatable bonds is 6. The van der Waals surface area contributed by atoms with Gasteiger partial charge in [0.25, 0.3) is 0 Å². The molecule has 2 heterocycles. The molecule has 0 aliphatic carbocycles. The summed E-state index contributed by atoms with van der Waals surface area (Å²) in [6.07, 6.45) is 4.13. The summed E-state index contributed by atoms with van der Waals surface area (Å²) in [7, 11) is -1.78. The molecule has 2 unspecified atom stereocenters. The van der Waals surface area contributed by atoms with Gasteiger partial charge in [-0.3, -0.25) is 4.68 Å². The first-order valence-electron chi connectivity index (χ1n) is 8.73. The summed E-state index contributed by atoms with van der Waals surface area (Å²) < 4.78 is 34.9. The van der Waals surface area contributed by atoms with Crippen molar-refractivity contribution in [2.75, 3.05) is 6.54 Å². The van der Waals surface area contributed by atoms with Crippen LogP contribution in [0.1, 0.15) is 32.0 Å². The lowest BCUT2D eigenvalue weighted by atomic mass is 10.00. The summed E-state index contributed by atoms with van der Waals surface area (Å²) in [4.78, 5) is 4.35. The van der Waals surface area contributed by atoms with Gasteiger partial charge >= 0.3 is 0 Å². The number of sulfonamides is 1. The van der Waals surface area contributed by atoms with Crippen LogP contribution < -0.4 is 10.5 Å². The summed E-state index contributed by atoms with van der Waals surface area (Å²) in [5.74, 6) is 1.27. The Bertz CT molecular complexity index is 832. The van der Waals surface area contributed by atoms with Gasteiger partial charge in [0.15, 0.2) is 5.82 Å². The highest BCUT2D eigenvalue weighted by atomic mass is 32.2. The molecule has 0 radical (unpaired) electrons. The van der Waals surface area contributed by atoms with E-state index in [9.17, 15) is 8.42 Å². The molecule has 2 aromatic rings. The largest absolute Gasteiger partial charge is 0.486 e. The van der Waals surface area contributed by atoms with Crippen LogP contribution in [0.15, 0.2) is 35.5 Å². The van der Waals surface area contributed by atoms with E-state index in [-0.39, 0.29) is 23.6 Å². The third-order valence-electron chi connectivity index (χ3n) is 4.71. The highest BCUT2D eigenvalue weighted by Gasteiger charge is 2.35. The number of hydrogen-bond acceptors (Lipinski definition) is 6. The molecule has 1 saturated heterocycles. The van der Waals surface area contributed by atoms with Crippen LogP contribution in [0.2, 0.25) is 0 Å². The average Bonchev–Trinajstić information content (AvgIpc) is 3.05. The van der Waals surface area contributed by atoms with E-state index in [1.165, 1.54) is 6.33 Å². The maximum absolute atomic E-state index is 13.0. The van der Waals surface area contributed by atoms with Crippen molar-refractivity contribution in [2.24, 2.45) is 12.8 Å². The summed E-state index contributed by atoms with van der Waals surface area (Å²) in [6.45, 7) is 2.64. The minimum atomic E-state index is -3.57. The van der Waals surface area contributed by atoms with Gasteiger partial charge in [-0.15, -0.1) is 0 Å². The lowest BCUT2D eigenvalue weighted by molar-refractivity contribution is 0.227. The molecule has 0 saturated carbocycles. The van der Waals surface area contributed by atoms with Gasteiger partial charge in [0.1, 0.15) is 18.7 Å². The number of benzene rings is 1. The van der Waals surface area contributed by atoms with E-state index in [1.807, 2.05) is 6.92 Å². The van der Waals surface area contributed by atoms with Crippen LogP contribution in [0.25, 0.3) is 0 Å². The van der Waals surface area contributed by atoms with E-state index < -0.39 is 10.0 Å². The second kappa shape index (κ2) is 7.73. The summed E-state index contributed by atoms with van der Waals surface area (Å²) in [5.41, 5.74) is 6.02. The topological polar surface area (TPSA) is 103 Å². The fourth-order valence-electron chi connectivity index (χ4n) is 3.20. The second-order valence-electron chi connectivity index (χ2n) is 6.60. The monoisotopic (exact) mass is 379 g/mol. The Hall–Kier alpha value is -1.97. The smallest absolute Gasteiger partial charge is 0.243 e. The van der Waals surface area contributed by atoms with Gasteiger partial charge in [0.2, 0.25) is 10.0 Å². The highest BCUT2D eigenvalue weighted by Crippen LogP contribution is 2.27. The number of aromatic nitrogens is 3. The van der Waals surface area contributed by atoms with Crippen LogP contribution in [-0.4, -0.2) is 46.1 Å². The molecule has 2 N–H and O–H groups in total. The Morgan fingerprint density at radius 3 is 2.65 bits per heavy atom. The molecule has 2 atom stereocenters. The van der Waals surface area contributed by atoms with Gasteiger partial charge < -0.3 is 10.5 Å². The van der Waals surface area contributed by atoms with Crippen molar-refractivity contribution < 1.29 is 13.2 Å². The number of ether oxygens (including phenoxy) is 1. The van der Waals surface area contributed by atoms with Crippen molar-refractivity contribution in [2.45, 2.75) is 49.8 Å². The maximum atomic E-state index is 13.0. The lowest BCUT2D eigenvalue weighted by Crippen LogP contribution is -2.51. The van der Waals surface area contributed by atoms with E-state index in [0.29, 0.717) is 18.1 Å². The van der Waals surface area contributed by atoms with E-state index >= 15 is 0 Å². The van der Waals surface area contributed by atoms with Gasteiger partial charge in [0.05, 0.1) is 4.90 Å². The third-order valence-corrected chi connectivity index (χ3v) is 6.65. The summed E-state index contributed by atoms with van der Waals surface area (Å²) in [5, 5.41) is 3.98. The Morgan fingerprint density at radius 1 is 1.31 bits per heavy atom. The van der Waals surface area contributed by atoms with Gasteiger partial charge in [-0.25, -0.2) is 13.4 Å². The van der Waals surface area contributed by atoms with E-state index in [2.05, 4.69) is 10.1 Å². The molecule has 1 aromatic carbocycles. The van der Waals surface area contributed by atoms with Crippen molar-refractivity contribution in [1.82, 2.24) is 19.1 Å². The van der Waals surface area contributed by atoms with Gasteiger partial charge in [0, 0.05) is 25.7 Å². The Morgan fingerprint density at radius 2 is 2.04 bits per heavy atom. The number of hydrogen-bond donors (Lipinski definition) is 1. The number of nitrogens with two attached hydrogens (primary N) is 1. The van der Waals surface area contributed by atoms with Crippen LogP contribution >= 0.6 is 0 Å². The van der Waals surface area contributed by atoms with Crippen LogP contribution in [0, 0.1) is 0 Å². The first-order valence-corrected chi connectivity index (χ1v) is 10.2. The minimum absolute atomic E-state index is 0.152. The molecular formula is C17H25N5O3S. The zero-order valence-corrected chi connectivity index (χ0v) is 15.9. The summed E-state index contributed by atoms with van der Waals surface area (Å²) in [6, 6.07) is 6.13. The van der Waals surface area contributed by atoms with Gasteiger partial charge in [-0.05, 0) is 44.0 Å². The molecular weight excluding hydrogens is 354 g/mol. The van der Waals surface area contributed by atoms with Crippen LogP contribution in [-0.2, 0) is 23.7 Å². The molecule has 8 nitrogen and oxygen atoms in total. The molecule has 3 rings (SSSR count). The zero-order chi connectivity index (χ0) is 18.7. The zero-order valence-electron chi connectivity index (χ0n) is 15.1.